The molecule has 0 saturated heterocycles. The molecule has 4 atom stereocenters. The highest BCUT2D eigenvalue weighted by Gasteiger charge is 2.39. The van der Waals surface area contributed by atoms with Crippen LogP contribution in [0.25, 0.3) is 0 Å². The van der Waals surface area contributed by atoms with Crippen molar-refractivity contribution in [3.8, 4) is 0 Å². The number of alkyl carbamates (subject to hydrolysis) is 2. The van der Waals surface area contributed by atoms with Gasteiger partial charge in [0.15, 0.2) is 0 Å². The Hall–Kier alpha value is -4.82. The van der Waals surface area contributed by atoms with Crippen molar-refractivity contribution in [3.05, 3.63) is 144 Å². The van der Waals surface area contributed by atoms with E-state index in [2.05, 4.69) is 10.6 Å². The first-order valence-electron chi connectivity index (χ1n) is 17.9. The first-order valence-corrected chi connectivity index (χ1v) is 17.9. The average molecular weight is 745 g/mol. The average Bonchev–Trinajstić information content (AvgIpc) is 3.20. The molecule has 0 fully saturated rings. The molecule has 0 aliphatic rings. The minimum atomic E-state index is -0.925. The lowest BCUT2D eigenvalue weighted by Crippen LogP contribution is -2.59. The largest absolute Gasteiger partial charge is 0.445 e. The van der Waals surface area contributed by atoms with Gasteiger partial charge in [0, 0.05) is 14.2 Å². The number of benzene rings is 4. The Balaban J connectivity index is 1.69. The van der Waals surface area contributed by atoms with Crippen molar-refractivity contribution < 1.29 is 47.5 Å². The predicted molar refractivity (Wildman–Crippen MR) is 203 cm³/mol. The van der Waals surface area contributed by atoms with Crippen molar-refractivity contribution in [2.24, 2.45) is 0 Å². The molecule has 0 aliphatic carbocycles. The van der Waals surface area contributed by atoms with Crippen molar-refractivity contribution >= 4 is 12.2 Å². The second kappa shape index (κ2) is 25.2. The molecule has 0 aliphatic heterocycles. The number of nitrogens with one attached hydrogen (secondary N) is 2. The van der Waals surface area contributed by atoms with Crippen LogP contribution in [0, 0.1) is 0 Å². The van der Waals surface area contributed by atoms with Crippen LogP contribution in [0.5, 0.6) is 0 Å². The number of amides is 2. The molecule has 0 saturated carbocycles. The summed E-state index contributed by atoms with van der Waals surface area (Å²) < 4.78 is 46.3. The number of carbonyl (C=O) groups excluding carboxylic acids is 2. The maximum absolute atomic E-state index is 13.5. The topological polar surface area (TPSA) is 132 Å². The highest BCUT2D eigenvalue weighted by molar-refractivity contribution is 5.68. The monoisotopic (exact) mass is 744 g/mol. The summed E-state index contributed by atoms with van der Waals surface area (Å²) >= 11 is 0. The third kappa shape index (κ3) is 16.0. The maximum atomic E-state index is 13.5. The zero-order valence-corrected chi connectivity index (χ0v) is 31.0. The van der Waals surface area contributed by atoms with Gasteiger partial charge in [-0.1, -0.05) is 121 Å². The van der Waals surface area contributed by atoms with Gasteiger partial charge in [0.25, 0.3) is 0 Å². The van der Waals surface area contributed by atoms with Gasteiger partial charge in [-0.15, -0.1) is 0 Å². The van der Waals surface area contributed by atoms with Crippen LogP contribution in [-0.4, -0.2) is 90.7 Å². The first-order chi connectivity index (χ1) is 26.6. The highest BCUT2D eigenvalue weighted by Crippen LogP contribution is 2.21. The minimum Gasteiger partial charge on any atom is -0.445 e. The quantitative estimate of drug-likeness (QED) is 0.0609. The zero-order chi connectivity index (χ0) is 38.1. The van der Waals surface area contributed by atoms with Gasteiger partial charge in [0.05, 0.1) is 38.5 Å². The first kappa shape index (κ1) is 41.9. The molecule has 2 N–H and O–H groups in total. The molecule has 4 aromatic carbocycles. The van der Waals surface area contributed by atoms with Gasteiger partial charge in [-0.05, 0) is 35.1 Å². The van der Waals surface area contributed by atoms with E-state index in [4.69, 9.17) is 37.9 Å². The second-order valence-corrected chi connectivity index (χ2v) is 12.3. The Bertz CT molecular complexity index is 1450. The lowest BCUT2D eigenvalue weighted by Gasteiger charge is -2.38. The van der Waals surface area contributed by atoms with E-state index >= 15 is 0 Å². The third-order valence-corrected chi connectivity index (χ3v) is 8.30. The van der Waals surface area contributed by atoms with Gasteiger partial charge in [-0.2, -0.15) is 0 Å². The molecule has 12 nitrogen and oxygen atoms in total. The summed E-state index contributed by atoms with van der Waals surface area (Å²) in [5.41, 5.74) is 3.51. The van der Waals surface area contributed by atoms with Crippen LogP contribution >= 0.6 is 0 Å². The van der Waals surface area contributed by atoms with Gasteiger partial charge in [0.1, 0.15) is 39.0 Å². The molecule has 0 unspecified atom stereocenters. The summed E-state index contributed by atoms with van der Waals surface area (Å²) in [7, 11) is 3.16. The summed E-state index contributed by atoms with van der Waals surface area (Å²) in [6, 6.07) is 36.7. The van der Waals surface area contributed by atoms with Crippen LogP contribution in [0.1, 0.15) is 22.3 Å². The zero-order valence-electron chi connectivity index (χ0n) is 31.0. The fourth-order valence-corrected chi connectivity index (χ4v) is 5.60. The number of hydrogen-bond donors (Lipinski definition) is 2. The molecule has 0 aromatic heterocycles. The van der Waals surface area contributed by atoms with Crippen molar-refractivity contribution in [1.29, 1.82) is 0 Å². The van der Waals surface area contributed by atoms with Gasteiger partial charge in [0.2, 0.25) is 0 Å². The summed E-state index contributed by atoms with van der Waals surface area (Å²) in [5.74, 6) is 0. The molecule has 54 heavy (non-hydrogen) atoms. The van der Waals surface area contributed by atoms with Crippen LogP contribution < -0.4 is 10.6 Å². The molecule has 0 heterocycles. The van der Waals surface area contributed by atoms with Crippen LogP contribution in [-0.2, 0) is 64.0 Å². The Morgan fingerprint density at radius 1 is 0.481 bits per heavy atom. The van der Waals surface area contributed by atoms with E-state index in [1.54, 1.807) is 14.2 Å². The number of carbonyl (C=O) groups is 2. The minimum absolute atomic E-state index is 0.0646. The van der Waals surface area contributed by atoms with Crippen LogP contribution in [0.3, 0.4) is 0 Å². The fourth-order valence-electron chi connectivity index (χ4n) is 5.60. The van der Waals surface area contributed by atoms with Gasteiger partial charge in [-0.3, -0.25) is 0 Å². The predicted octanol–water partition coefficient (Wildman–Crippen LogP) is 6.07. The van der Waals surface area contributed by atoms with E-state index in [0.717, 1.165) is 22.3 Å². The molecule has 4 aromatic rings. The summed E-state index contributed by atoms with van der Waals surface area (Å²) in [4.78, 5) is 27.1. The summed E-state index contributed by atoms with van der Waals surface area (Å²) in [6.07, 6.45) is -2.51. The van der Waals surface area contributed by atoms with Crippen LogP contribution in [0.15, 0.2) is 121 Å². The normalized spacial score (nSPS) is 13.3. The highest BCUT2D eigenvalue weighted by atomic mass is 16.7. The van der Waals surface area contributed by atoms with E-state index < -0.39 is 36.5 Å². The number of ether oxygens (including phenoxy) is 8. The van der Waals surface area contributed by atoms with Crippen molar-refractivity contribution in [3.63, 3.8) is 0 Å². The number of methoxy groups -OCH3 is 2. The van der Waals surface area contributed by atoms with E-state index in [-0.39, 0.29) is 40.0 Å². The number of hydrogen-bond acceptors (Lipinski definition) is 10. The lowest BCUT2D eigenvalue weighted by atomic mass is 9.91. The molecule has 2 amide bonds. The van der Waals surface area contributed by atoms with E-state index in [0.29, 0.717) is 26.1 Å². The van der Waals surface area contributed by atoms with Crippen LogP contribution in [0.4, 0.5) is 9.59 Å². The molecule has 12 heteroatoms. The van der Waals surface area contributed by atoms with Crippen LogP contribution in [0.2, 0.25) is 0 Å². The van der Waals surface area contributed by atoms with Gasteiger partial charge in [-0.25, -0.2) is 9.59 Å². The third-order valence-electron chi connectivity index (χ3n) is 8.30. The summed E-state index contributed by atoms with van der Waals surface area (Å²) in [5, 5.41) is 6.09. The number of rotatable bonds is 25. The van der Waals surface area contributed by atoms with Crippen molar-refractivity contribution in [2.45, 2.75) is 50.3 Å². The summed E-state index contributed by atoms with van der Waals surface area (Å²) in [6.45, 7) is 1.03. The fraction of sp³-hybridized carbons (Fsp3) is 0.381. The maximum Gasteiger partial charge on any atom is 0.407 e. The molecule has 0 bridgehead atoms. The standard InChI is InChI=1S/C42H52N2O10/c1-47-23-25-49-31-53-39(37(27-33-15-7-3-8-16-33)43-41(45)51-29-35-19-11-5-12-20-35)40(54-32-50-26-24-48-2)38(28-34-17-9-4-10-18-34)44-42(46)52-30-36-21-13-6-14-22-36/h3-22,37-40H,23-32H2,1-2H3,(H,43,45)(H,44,46)/t37-,38-,39+,40+/m1/s1. The second-order valence-electron chi connectivity index (χ2n) is 12.3. The molecule has 4 rings (SSSR count). The van der Waals surface area contributed by atoms with E-state index in [1.165, 1.54) is 0 Å². The van der Waals surface area contributed by atoms with Crippen molar-refractivity contribution in [2.75, 3.05) is 54.2 Å². The molecular formula is C42H52N2O10. The van der Waals surface area contributed by atoms with Gasteiger partial charge < -0.3 is 48.5 Å². The Morgan fingerprint density at radius 3 is 1.15 bits per heavy atom. The Morgan fingerprint density at radius 2 is 0.815 bits per heavy atom. The smallest absolute Gasteiger partial charge is 0.407 e. The van der Waals surface area contributed by atoms with E-state index in [9.17, 15) is 9.59 Å². The molecular weight excluding hydrogens is 692 g/mol. The van der Waals surface area contributed by atoms with Gasteiger partial charge >= 0.3 is 12.2 Å². The van der Waals surface area contributed by atoms with Crippen molar-refractivity contribution in [1.82, 2.24) is 10.6 Å². The SMILES string of the molecule is COCCOCO[C@H]([C@@H](OCOCCOC)[C@@H](Cc1ccccc1)NC(=O)OCc1ccccc1)[C@@H](Cc1ccccc1)NC(=O)OCc1ccccc1. The Kier molecular flexibility index (Phi) is 19.6. The lowest BCUT2D eigenvalue weighted by molar-refractivity contribution is -0.185. The molecule has 0 radical (unpaired) electrons. The molecule has 290 valence electrons. The molecule has 0 spiro atoms. The Labute approximate surface area is 318 Å². The van der Waals surface area contributed by atoms with E-state index in [1.807, 2.05) is 121 Å².